The lowest BCUT2D eigenvalue weighted by atomic mass is 10.1. The van der Waals surface area contributed by atoms with Gasteiger partial charge in [0.2, 0.25) is 0 Å². The summed E-state index contributed by atoms with van der Waals surface area (Å²) in [6.07, 6.45) is 0. The lowest BCUT2D eigenvalue weighted by Gasteiger charge is -2.32. The van der Waals surface area contributed by atoms with Crippen molar-refractivity contribution >= 4 is 11.8 Å². The second-order valence-corrected chi connectivity index (χ2v) is 5.43. The molecular weight excluding hydrogens is 298 g/mol. The van der Waals surface area contributed by atoms with Gasteiger partial charge in [-0.25, -0.2) is 0 Å². The summed E-state index contributed by atoms with van der Waals surface area (Å²) in [5.74, 6) is 0.598. The molecule has 0 aliphatic carbocycles. The molecule has 2 N–H and O–H groups in total. The molecule has 7 heteroatoms. The Labute approximate surface area is 135 Å². The molecular formula is C16H23N3O4. The highest BCUT2D eigenvalue weighted by molar-refractivity contribution is 5.95. The summed E-state index contributed by atoms with van der Waals surface area (Å²) >= 11 is 0. The number of ether oxygens (including phenoxy) is 2. The number of amides is 2. The standard InChI is InChI=1S/C16H23N3O4/c1-11-9-19(7-6-18-11)16(21)12-4-5-13(14(8-12)22-3)23-10-15(20)17-2/h4-5,8,11,18H,6-7,9-10H2,1-3H3,(H,17,20). The van der Waals surface area contributed by atoms with Crippen LogP contribution in [0.4, 0.5) is 0 Å². The van der Waals surface area contributed by atoms with Crippen molar-refractivity contribution in [1.82, 2.24) is 15.5 Å². The number of nitrogens with one attached hydrogen (secondary N) is 2. The molecule has 1 aliphatic heterocycles. The van der Waals surface area contributed by atoms with Crippen molar-refractivity contribution in [2.24, 2.45) is 0 Å². The Hall–Kier alpha value is -2.28. The minimum atomic E-state index is -0.234. The van der Waals surface area contributed by atoms with Crippen molar-refractivity contribution in [3.63, 3.8) is 0 Å². The summed E-state index contributed by atoms with van der Waals surface area (Å²) in [4.78, 5) is 25.6. The summed E-state index contributed by atoms with van der Waals surface area (Å²) in [7, 11) is 3.04. The van der Waals surface area contributed by atoms with E-state index in [0.29, 0.717) is 30.2 Å². The molecule has 1 aliphatic rings. The number of carbonyl (C=O) groups is 2. The number of rotatable bonds is 5. The van der Waals surface area contributed by atoms with Crippen molar-refractivity contribution < 1.29 is 19.1 Å². The summed E-state index contributed by atoms with van der Waals surface area (Å²) in [5.41, 5.74) is 0.545. The number of methoxy groups -OCH3 is 1. The molecule has 2 rings (SSSR count). The normalized spacial score (nSPS) is 17.5. The maximum atomic E-state index is 12.6. The van der Waals surface area contributed by atoms with Gasteiger partial charge in [0.05, 0.1) is 7.11 Å². The first-order valence-corrected chi connectivity index (χ1v) is 7.59. The number of benzene rings is 1. The average Bonchev–Trinajstić information content (AvgIpc) is 2.58. The Morgan fingerprint density at radius 3 is 2.83 bits per heavy atom. The van der Waals surface area contributed by atoms with Gasteiger partial charge < -0.3 is 25.0 Å². The van der Waals surface area contributed by atoms with Gasteiger partial charge in [-0.1, -0.05) is 0 Å². The van der Waals surface area contributed by atoms with Gasteiger partial charge in [-0.05, 0) is 25.1 Å². The Kier molecular flexibility index (Phi) is 5.81. The second-order valence-electron chi connectivity index (χ2n) is 5.43. The molecule has 7 nitrogen and oxygen atoms in total. The van der Waals surface area contributed by atoms with Gasteiger partial charge in [0.25, 0.3) is 11.8 Å². The van der Waals surface area contributed by atoms with Gasteiger partial charge in [-0.2, -0.15) is 0 Å². The van der Waals surface area contributed by atoms with Gasteiger partial charge in [-0.3, -0.25) is 9.59 Å². The van der Waals surface area contributed by atoms with Crippen molar-refractivity contribution in [2.75, 3.05) is 40.4 Å². The third kappa shape index (κ3) is 4.35. The summed E-state index contributed by atoms with van der Waals surface area (Å²) in [6, 6.07) is 5.27. The highest BCUT2D eigenvalue weighted by Crippen LogP contribution is 2.28. The van der Waals surface area contributed by atoms with Crippen molar-refractivity contribution in [3.05, 3.63) is 23.8 Å². The Bertz CT molecular complexity index is 576. The Morgan fingerprint density at radius 2 is 2.17 bits per heavy atom. The minimum Gasteiger partial charge on any atom is -0.493 e. The second kappa shape index (κ2) is 7.82. The van der Waals surface area contributed by atoms with E-state index < -0.39 is 0 Å². The minimum absolute atomic E-state index is 0.0329. The molecule has 1 aromatic rings. The fourth-order valence-corrected chi connectivity index (χ4v) is 2.43. The zero-order valence-corrected chi connectivity index (χ0v) is 13.7. The van der Waals surface area contributed by atoms with Crippen LogP contribution >= 0.6 is 0 Å². The van der Waals surface area contributed by atoms with Gasteiger partial charge in [0, 0.05) is 38.3 Å². The van der Waals surface area contributed by atoms with E-state index in [9.17, 15) is 9.59 Å². The van der Waals surface area contributed by atoms with Crippen LogP contribution in [0.15, 0.2) is 18.2 Å². The van der Waals surface area contributed by atoms with Crippen LogP contribution in [0.5, 0.6) is 11.5 Å². The molecule has 1 fully saturated rings. The summed E-state index contributed by atoms with van der Waals surface area (Å²) in [6.45, 7) is 4.10. The SMILES string of the molecule is CNC(=O)COc1ccc(C(=O)N2CCNC(C)C2)cc1OC. The summed E-state index contributed by atoms with van der Waals surface area (Å²) in [5, 5.41) is 5.78. The molecule has 1 unspecified atom stereocenters. The molecule has 1 saturated heterocycles. The molecule has 1 aromatic carbocycles. The lowest BCUT2D eigenvalue weighted by molar-refractivity contribution is -0.122. The largest absolute Gasteiger partial charge is 0.493 e. The molecule has 2 amide bonds. The zero-order chi connectivity index (χ0) is 16.8. The van der Waals surface area contributed by atoms with Gasteiger partial charge >= 0.3 is 0 Å². The maximum absolute atomic E-state index is 12.6. The molecule has 23 heavy (non-hydrogen) atoms. The Morgan fingerprint density at radius 1 is 1.39 bits per heavy atom. The van der Waals surface area contributed by atoms with E-state index in [0.717, 1.165) is 6.54 Å². The van der Waals surface area contributed by atoms with Crippen LogP contribution < -0.4 is 20.1 Å². The van der Waals surface area contributed by atoms with Crippen LogP contribution in [0.25, 0.3) is 0 Å². The average molecular weight is 321 g/mol. The molecule has 0 radical (unpaired) electrons. The first kappa shape index (κ1) is 17.1. The van der Waals surface area contributed by atoms with E-state index in [-0.39, 0.29) is 24.5 Å². The van der Waals surface area contributed by atoms with E-state index in [1.54, 1.807) is 25.2 Å². The molecule has 0 bridgehead atoms. The van der Waals surface area contributed by atoms with Crippen LogP contribution in [0.3, 0.4) is 0 Å². The van der Waals surface area contributed by atoms with Crippen LogP contribution in [-0.4, -0.2) is 63.2 Å². The molecule has 1 atom stereocenters. The van der Waals surface area contributed by atoms with Crippen LogP contribution in [0.1, 0.15) is 17.3 Å². The lowest BCUT2D eigenvalue weighted by Crippen LogP contribution is -2.51. The summed E-state index contributed by atoms with van der Waals surface area (Å²) < 4.78 is 10.7. The van der Waals surface area contributed by atoms with Gasteiger partial charge in [-0.15, -0.1) is 0 Å². The number of nitrogens with zero attached hydrogens (tertiary/aromatic N) is 1. The molecule has 1 heterocycles. The van der Waals surface area contributed by atoms with Crippen molar-refractivity contribution in [2.45, 2.75) is 13.0 Å². The quantitative estimate of drug-likeness (QED) is 0.813. The highest BCUT2D eigenvalue weighted by atomic mass is 16.5. The molecule has 0 aromatic heterocycles. The number of carbonyl (C=O) groups excluding carboxylic acids is 2. The van der Waals surface area contributed by atoms with Crippen LogP contribution in [0, 0.1) is 0 Å². The molecule has 0 saturated carbocycles. The van der Waals surface area contributed by atoms with E-state index >= 15 is 0 Å². The monoisotopic (exact) mass is 321 g/mol. The predicted octanol–water partition coefficient (Wildman–Crippen LogP) is 0.254. The molecule has 126 valence electrons. The van der Waals surface area contributed by atoms with E-state index in [2.05, 4.69) is 17.6 Å². The van der Waals surface area contributed by atoms with Gasteiger partial charge in [0.1, 0.15) is 0 Å². The fraction of sp³-hybridized carbons (Fsp3) is 0.500. The topological polar surface area (TPSA) is 79.9 Å². The van der Waals surface area contributed by atoms with E-state index in [4.69, 9.17) is 9.47 Å². The van der Waals surface area contributed by atoms with E-state index in [1.807, 2.05) is 4.90 Å². The van der Waals surface area contributed by atoms with E-state index in [1.165, 1.54) is 7.11 Å². The van der Waals surface area contributed by atoms with Gasteiger partial charge in [0.15, 0.2) is 18.1 Å². The predicted molar refractivity (Wildman–Crippen MR) is 85.9 cm³/mol. The van der Waals surface area contributed by atoms with Crippen LogP contribution in [-0.2, 0) is 4.79 Å². The van der Waals surface area contributed by atoms with Crippen molar-refractivity contribution in [3.8, 4) is 11.5 Å². The van der Waals surface area contributed by atoms with Crippen molar-refractivity contribution in [1.29, 1.82) is 0 Å². The van der Waals surface area contributed by atoms with Crippen LogP contribution in [0.2, 0.25) is 0 Å². The first-order chi connectivity index (χ1) is 11.0. The Balaban J connectivity index is 2.11. The zero-order valence-electron chi connectivity index (χ0n) is 13.7. The third-order valence-corrected chi connectivity index (χ3v) is 3.70. The molecule has 0 spiro atoms. The number of likely N-dealkylation sites (N-methyl/N-ethyl adjacent to an activating group) is 1. The first-order valence-electron chi connectivity index (χ1n) is 7.59. The smallest absolute Gasteiger partial charge is 0.257 e. The number of hydrogen-bond donors (Lipinski definition) is 2. The third-order valence-electron chi connectivity index (χ3n) is 3.70. The fourth-order valence-electron chi connectivity index (χ4n) is 2.43. The maximum Gasteiger partial charge on any atom is 0.257 e. The number of hydrogen-bond acceptors (Lipinski definition) is 5. The number of piperazine rings is 1. The highest BCUT2D eigenvalue weighted by Gasteiger charge is 2.22.